The van der Waals surface area contributed by atoms with Crippen LogP contribution in [0, 0.1) is 0 Å². The molecule has 8 nitrogen and oxygen atoms in total. The summed E-state index contributed by atoms with van der Waals surface area (Å²) in [6, 6.07) is 5.86. The molecule has 0 heterocycles. The van der Waals surface area contributed by atoms with Gasteiger partial charge in [0.1, 0.15) is 0 Å². The van der Waals surface area contributed by atoms with Gasteiger partial charge in [-0.25, -0.2) is 0 Å². The zero-order valence-corrected chi connectivity index (χ0v) is 24.7. The van der Waals surface area contributed by atoms with Crippen LogP contribution in [0.2, 0.25) is 20.1 Å². The molecule has 0 N–H and O–H groups in total. The van der Waals surface area contributed by atoms with Crippen LogP contribution >= 0.6 is 46.4 Å². The van der Waals surface area contributed by atoms with Crippen LogP contribution in [0.25, 0.3) is 0 Å². The summed E-state index contributed by atoms with van der Waals surface area (Å²) in [5.41, 5.74) is 0.725. The first kappa shape index (κ1) is 37.1. The van der Waals surface area contributed by atoms with E-state index in [0.717, 1.165) is 25.7 Å². The zero-order chi connectivity index (χ0) is 27.7. The molecule has 13 heteroatoms. The van der Waals surface area contributed by atoms with E-state index in [-0.39, 0.29) is 38.0 Å². The van der Waals surface area contributed by atoms with Crippen LogP contribution in [0.1, 0.15) is 24.0 Å². The minimum atomic E-state index is -0.294. The van der Waals surface area contributed by atoms with Crippen molar-refractivity contribution in [3.05, 3.63) is 55.5 Å². The van der Waals surface area contributed by atoms with Crippen molar-refractivity contribution in [2.45, 2.75) is 12.8 Å². The number of hydrogen-bond donors (Lipinski definition) is 0. The Hall–Kier alpha value is -2.03. The van der Waals surface area contributed by atoms with Crippen molar-refractivity contribution in [1.82, 2.24) is 9.80 Å². The molecule has 0 fully saturated rings. The minimum absolute atomic E-state index is 0. The molecule has 0 saturated carbocycles. The number of aliphatic imine (C=N–C) groups is 2. The van der Waals surface area contributed by atoms with E-state index in [1.807, 2.05) is 0 Å². The first-order valence-corrected chi connectivity index (χ1v) is 12.0. The summed E-state index contributed by atoms with van der Waals surface area (Å²) in [6.45, 7) is 1.07. The maximum atomic E-state index is 11.8. The molecule has 0 bridgehead atoms. The summed E-state index contributed by atoms with van der Waals surface area (Å²) >= 11 is 23.3. The van der Waals surface area contributed by atoms with E-state index < -0.39 is 0 Å². The summed E-state index contributed by atoms with van der Waals surface area (Å²) in [5.74, 6) is -0.587. The van der Waals surface area contributed by atoms with E-state index >= 15 is 0 Å². The largest absolute Gasteiger partial charge is 2.00 e. The monoisotopic (exact) mass is 634 g/mol. The molecule has 2 aromatic rings. The van der Waals surface area contributed by atoms with Gasteiger partial charge in [-0.05, 0) is 48.2 Å². The van der Waals surface area contributed by atoms with Crippen molar-refractivity contribution in [3.63, 3.8) is 0 Å². The predicted octanol–water partition coefficient (Wildman–Crippen LogP) is 4.17. The van der Waals surface area contributed by atoms with Gasteiger partial charge in [0.25, 0.3) is 0 Å². The number of halogens is 4. The van der Waals surface area contributed by atoms with Gasteiger partial charge in [0.05, 0.1) is 0 Å². The van der Waals surface area contributed by atoms with E-state index in [9.17, 15) is 19.8 Å². The Morgan fingerprint density at radius 2 is 1.00 bits per heavy atom. The third-order valence-corrected chi connectivity index (χ3v) is 4.78. The van der Waals surface area contributed by atoms with Crippen molar-refractivity contribution < 1.29 is 36.3 Å². The molecular formula is C24H28Cl4N4NiO4. The van der Waals surface area contributed by atoms with Crippen LogP contribution in [-0.2, 0) is 26.1 Å². The SMILES string of the molecule is CN(C)C=O.CN(C)C=O.[Ni+2].[O-]c1c(Cl)cc(Cl)cc1C=NCCCCN=Cc1cc(Cl)cc(Cl)c1[O-]. The molecular weight excluding hydrogens is 609 g/mol. The molecule has 0 aliphatic rings. The summed E-state index contributed by atoms with van der Waals surface area (Å²) in [5, 5.41) is 24.5. The Morgan fingerprint density at radius 3 is 1.27 bits per heavy atom. The number of carbonyl (C=O) groups excluding carboxylic acids is 2. The van der Waals surface area contributed by atoms with E-state index in [1.54, 1.807) is 28.2 Å². The fraction of sp³-hybridized carbons (Fsp3) is 0.333. The Morgan fingerprint density at radius 1 is 0.703 bits per heavy atom. The van der Waals surface area contributed by atoms with Crippen LogP contribution in [0.5, 0.6) is 11.5 Å². The molecule has 0 aliphatic heterocycles. The van der Waals surface area contributed by atoms with Gasteiger partial charge in [-0.2, -0.15) is 0 Å². The van der Waals surface area contributed by atoms with Crippen LogP contribution in [0.15, 0.2) is 34.3 Å². The number of rotatable bonds is 9. The number of unbranched alkanes of at least 4 members (excludes halogenated alkanes) is 1. The molecule has 2 amide bonds. The summed E-state index contributed by atoms with van der Waals surface area (Å²) < 4.78 is 0. The maximum Gasteiger partial charge on any atom is 2.00 e. The number of carbonyl (C=O) groups is 2. The second-order valence-corrected chi connectivity index (χ2v) is 9.21. The van der Waals surface area contributed by atoms with E-state index in [1.165, 1.54) is 46.5 Å². The summed E-state index contributed by atoms with van der Waals surface area (Å²) in [6.07, 6.45) is 6.00. The zero-order valence-electron chi connectivity index (χ0n) is 20.7. The van der Waals surface area contributed by atoms with Gasteiger partial charge in [0, 0.05) is 73.8 Å². The van der Waals surface area contributed by atoms with Gasteiger partial charge in [-0.3, -0.25) is 19.6 Å². The average Bonchev–Trinajstić information content (AvgIpc) is 2.82. The van der Waals surface area contributed by atoms with Crippen LogP contribution < -0.4 is 10.2 Å². The van der Waals surface area contributed by atoms with E-state index in [2.05, 4.69) is 9.98 Å². The minimum Gasteiger partial charge on any atom is -0.871 e. The first-order chi connectivity index (χ1) is 16.9. The van der Waals surface area contributed by atoms with E-state index in [4.69, 9.17) is 46.4 Å². The first-order valence-electron chi connectivity index (χ1n) is 10.5. The van der Waals surface area contributed by atoms with Crippen molar-refractivity contribution >= 4 is 71.7 Å². The number of hydrogen-bond acceptors (Lipinski definition) is 6. The molecule has 2 aromatic carbocycles. The fourth-order valence-electron chi connectivity index (χ4n) is 2.08. The smallest absolute Gasteiger partial charge is 0.871 e. The Balaban J connectivity index is 0. The van der Waals surface area contributed by atoms with Crippen LogP contribution in [0.4, 0.5) is 0 Å². The second-order valence-electron chi connectivity index (χ2n) is 7.53. The number of benzene rings is 2. The Bertz CT molecular complexity index is 957. The molecule has 0 unspecified atom stereocenters. The van der Waals surface area contributed by atoms with Gasteiger partial charge in [-0.1, -0.05) is 57.9 Å². The standard InChI is InChI=1S/C18H16Cl4N2O2.2C3H7NO.Ni/c19-13-5-11(17(25)15(21)7-13)9-23-3-1-2-4-24-10-12-6-14(20)8-16(22)18(12)26;2*1-4(2)3-5;/h5-10,25-26H,1-4H2;2*3H,1-2H3;/q;;;+2/p-2. The van der Waals surface area contributed by atoms with Gasteiger partial charge in [0.2, 0.25) is 12.8 Å². The quantitative estimate of drug-likeness (QED) is 0.178. The normalized spacial score (nSPS) is 10.1. The average molecular weight is 637 g/mol. The molecule has 0 atom stereocenters. The number of amides is 2. The van der Waals surface area contributed by atoms with Crippen molar-refractivity contribution in [1.29, 1.82) is 0 Å². The van der Waals surface area contributed by atoms with Gasteiger partial charge in [-0.15, -0.1) is 0 Å². The topological polar surface area (TPSA) is 111 Å². The molecule has 0 spiro atoms. The van der Waals surface area contributed by atoms with Crippen LogP contribution in [-0.4, -0.2) is 76.3 Å². The summed E-state index contributed by atoms with van der Waals surface area (Å²) in [7, 11) is 6.75. The Labute approximate surface area is 247 Å². The maximum absolute atomic E-state index is 11.8. The molecule has 206 valence electrons. The molecule has 0 radical (unpaired) electrons. The molecule has 37 heavy (non-hydrogen) atoms. The second kappa shape index (κ2) is 21.0. The van der Waals surface area contributed by atoms with Gasteiger partial charge < -0.3 is 20.0 Å². The van der Waals surface area contributed by atoms with Crippen molar-refractivity contribution in [2.24, 2.45) is 9.98 Å². The van der Waals surface area contributed by atoms with Gasteiger partial charge in [0.15, 0.2) is 0 Å². The van der Waals surface area contributed by atoms with E-state index in [0.29, 0.717) is 34.3 Å². The Kier molecular flexibility index (Phi) is 21.0. The number of nitrogens with zero attached hydrogens (tertiary/aromatic N) is 4. The van der Waals surface area contributed by atoms with Crippen molar-refractivity contribution in [2.75, 3.05) is 41.3 Å². The molecule has 0 aromatic heterocycles. The van der Waals surface area contributed by atoms with Gasteiger partial charge >= 0.3 is 16.5 Å². The third-order valence-electron chi connectivity index (χ3n) is 3.78. The predicted molar refractivity (Wildman–Crippen MR) is 145 cm³/mol. The molecule has 2 rings (SSSR count). The summed E-state index contributed by atoms with van der Waals surface area (Å²) in [4.78, 5) is 30.1. The fourth-order valence-corrected chi connectivity index (χ4v) is 3.10. The third kappa shape index (κ3) is 17.2. The van der Waals surface area contributed by atoms with Crippen molar-refractivity contribution in [3.8, 4) is 11.5 Å². The molecule has 0 saturated heterocycles. The molecule has 0 aliphatic carbocycles. The van der Waals surface area contributed by atoms with Crippen LogP contribution in [0.3, 0.4) is 0 Å².